The first-order valence-corrected chi connectivity index (χ1v) is 6.93. The predicted octanol–water partition coefficient (Wildman–Crippen LogP) is 1.32. The molecule has 7 heteroatoms. The average Bonchev–Trinajstić information content (AvgIpc) is 3.07. The minimum atomic E-state index is -0.509. The zero-order valence-electron chi connectivity index (χ0n) is 11.4. The summed E-state index contributed by atoms with van der Waals surface area (Å²) in [5.41, 5.74) is 0.339. The Bertz CT molecular complexity index is 593. The fraction of sp³-hybridized carbons (Fsp3) is 0.429. The molecule has 0 aromatic heterocycles. The van der Waals surface area contributed by atoms with Gasteiger partial charge in [0, 0.05) is 12.1 Å². The number of nitro groups is 1. The van der Waals surface area contributed by atoms with Gasteiger partial charge in [-0.1, -0.05) is 0 Å². The number of imide groups is 1. The van der Waals surface area contributed by atoms with Crippen LogP contribution in [-0.2, 0) is 9.59 Å². The molecule has 7 nitrogen and oxygen atoms in total. The second kappa shape index (κ2) is 5.25. The van der Waals surface area contributed by atoms with Crippen LogP contribution in [0.5, 0.6) is 0 Å². The first kappa shape index (κ1) is 13.7. The molecule has 2 fully saturated rings. The van der Waals surface area contributed by atoms with E-state index in [1.165, 1.54) is 24.3 Å². The molecule has 1 aromatic rings. The Hall–Kier alpha value is -2.28. The Morgan fingerprint density at radius 1 is 1.10 bits per heavy atom. The highest BCUT2D eigenvalue weighted by molar-refractivity contribution is 6.22. The van der Waals surface area contributed by atoms with E-state index in [4.69, 9.17) is 0 Å². The number of likely N-dealkylation sites (tertiary alicyclic amines) is 1. The highest BCUT2D eigenvalue weighted by Gasteiger charge is 2.43. The van der Waals surface area contributed by atoms with E-state index in [0.29, 0.717) is 5.69 Å². The number of carbonyl (C=O) groups excluding carboxylic acids is 2. The predicted molar refractivity (Wildman–Crippen MR) is 74.8 cm³/mol. The number of carbonyl (C=O) groups is 2. The number of anilines is 1. The van der Waals surface area contributed by atoms with Crippen LogP contribution >= 0.6 is 0 Å². The van der Waals surface area contributed by atoms with E-state index in [9.17, 15) is 19.7 Å². The fourth-order valence-corrected chi connectivity index (χ4v) is 2.95. The van der Waals surface area contributed by atoms with Gasteiger partial charge in [0.1, 0.15) is 0 Å². The zero-order valence-corrected chi connectivity index (χ0v) is 11.4. The molecule has 1 atom stereocenters. The first-order chi connectivity index (χ1) is 10.1. The van der Waals surface area contributed by atoms with Crippen molar-refractivity contribution in [2.24, 2.45) is 0 Å². The van der Waals surface area contributed by atoms with Gasteiger partial charge in [-0.25, -0.2) is 4.90 Å². The molecule has 2 saturated heterocycles. The summed E-state index contributed by atoms with van der Waals surface area (Å²) in [4.78, 5) is 37.9. The third kappa shape index (κ3) is 2.40. The molecule has 2 aliphatic rings. The molecule has 0 bridgehead atoms. The first-order valence-electron chi connectivity index (χ1n) is 6.93. The van der Waals surface area contributed by atoms with E-state index < -0.39 is 4.92 Å². The molecule has 0 aliphatic carbocycles. The lowest BCUT2D eigenvalue weighted by Crippen LogP contribution is -2.40. The molecule has 3 rings (SSSR count). The molecular weight excluding hydrogens is 274 g/mol. The van der Waals surface area contributed by atoms with Gasteiger partial charge in [-0.2, -0.15) is 0 Å². The molecule has 2 aliphatic heterocycles. The van der Waals surface area contributed by atoms with Crippen LogP contribution in [0.1, 0.15) is 19.3 Å². The molecule has 0 spiro atoms. The van der Waals surface area contributed by atoms with Gasteiger partial charge in [0.05, 0.1) is 23.1 Å². The molecule has 1 aromatic carbocycles. The Kier molecular flexibility index (Phi) is 3.42. The molecule has 0 saturated carbocycles. The normalized spacial score (nSPS) is 23.0. The van der Waals surface area contributed by atoms with Crippen molar-refractivity contribution in [3.05, 3.63) is 34.4 Å². The van der Waals surface area contributed by atoms with Crippen LogP contribution in [0, 0.1) is 10.1 Å². The summed E-state index contributed by atoms with van der Waals surface area (Å²) < 4.78 is 0. The number of hydrogen-bond donors (Lipinski definition) is 0. The maximum atomic E-state index is 12.5. The monoisotopic (exact) mass is 289 g/mol. The summed E-state index contributed by atoms with van der Waals surface area (Å²) in [6.45, 7) is 1.69. The zero-order chi connectivity index (χ0) is 15.0. The summed E-state index contributed by atoms with van der Waals surface area (Å²) in [6.07, 6.45) is 2.29. The van der Waals surface area contributed by atoms with Crippen molar-refractivity contribution in [2.75, 3.05) is 18.0 Å². The number of hydrogen-bond acceptors (Lipinski definition) is 5. The lowest BCUT2D eigenvalue weighted by Gasteiger charge is -2.21. The van der Waals surface area contributed by atoms with Crippen LogP contribution in [0.4, 0.5) is 11.4 Å². The number of nitrogens with zero attached hydrogens (tertiary/aromatic N) is 3. The number of amides is 2. The van der Waals surface area contributed by atoms with Crippen molar-refractivity contribution < 1.29 is 14.5 Å². The Morgan fingerprint density at radius 2 is 1.71 bits per heavy atom. The van der Waals surface area contributed by atoms with Gasteiger partial charge in [-0.3, -0.25) is 24.6 Å². The quantitative estimate of drug-likeness (QED) is 0.476. The number of rotatable bonds is 3. The lowest BCUT2D eigenvalue weighted by molar-refractivity contribution is -0.384. The lowest BCUT2D eigenvalue weighted by atomic mass is 10.2. The maximum Gasteiger partial charge on any atom is 0.269 e. The summed E-state index contributed by atoms with van der Waals surface area (Å²) in [6, 6.07) is 5.12. The molecule has 2 amide bonds. The number of non-ortho nitro benzene ring substituents is 1. The fourth-order valence-electron chi connectivity index (χ4n) is 2.95. The minimum absolute atomic E-state index is 0.0612. The van der Waals surface area contributed by atoms with Gasteiger partial charge >= 0.3 is 0 Å². The Labute approximate surface area is 121 Å². The van der Waals surface area contributed by atoms with Gasteiger partial charge in [-0.15, -0.1) is 0 Å². The van der Waals surface area contributed by atoms with E-state index in [0.717, 1.165) is 30.8 Å². The number of nitro benzene ring substituents is 1. The second-order valence-electron chi connectivity index (χ2n) is 5.30. The standard InChI is InChI=1S/C14H15N3O4/c18-13-9-12(15-7-1-2-8-15)14(19)16(13)10-3-5-11(6-4-10)17(20)21/h3-6,12H,1-2,7-9H2/t12-/m1/s1. The van der Waals surface area contributed by atoms with Crippen molar-refractivity contribution in [3.8, 4) is 0 Å². The minimum Gasteiger partial charge on any atom is -0.292 e. The average molecular weight is 289 g/mol. The van der Waals surface area contributed by atoms with Crippen molar-refractivity contribution in [2.45, 2.75) is 25.3 Å². The summed E-state index contributed by atoms with van der Waals surface area (Å²) in [7, 11) is 0. The molecular formula is C14H15N3O4. The third-order valence-electron chi connectivity index (χ3n) is 4.02. The SMILES string of the molecule is O=C1C[C@@H](N2CCCC2)C(=O)N1c1ccc([N+](=O)[O-])cc1. The van der Waals surface area contributed by atoms with E-state index in [-0.39, 0.29) is 30.0 Å². The third-order valence-corrected chi connectivity index (χ3v) is 4.02. The van der Waals surface area contributed by atoms with Crippen LogP contribution in [0.15, 0.2) is 24.3 Å². The smallest absolute Gasteiger partial charge is 0.269 e. The van der Waals surface area contributed by atoms with Gasteiger partial charge < -0.3 is 0 Å². The second-order valence-corrected chi connectivity index (χ2v) is 5.30. The van der Waals surface area contributed by atoms with E-state index >= 15 is 0 Å². The van der Waals surface area contributed by atoms with Crippen molar-refractivity contribution in [3.63, 3.8) is 0 Å². The van der Waals surface area contributed by atoms with Gasteiger partial charge in [0.2, 0.25) is 5.91 Å². The topological polar surface area (TPSA) is 83.8 Å². The largest absolute Gasteiger partial charge is 0.292 e. The van der Waals surface area contributed by atoms with Crippen LogP contribution in [0.3, 0.4) is 0 Å². The van der Waals surface area contributed by atoms with Gasteiger partial charge in [-0.05, 0) is 38.1 Å². The van der Waals surface area contributed by atoms with Crippen molar-refractivity contribution in [1.29, 1.82) is 0 Å². The summed E-state index contributed by atoms with van der Waals surface area (Å²) >= 11 is 0. The summed E-state index contributed by atoms with van der Waals surface area (Å²) in [5.74, 6) is -0.471. The molecule has 0 N–H and O–H groups in total. The maximum absolute atomic E-state index is 12.5. The Balaban J connectivity index is 1.82. The highest BCUT2D eigenvalue weighted by Crippen LogP contribution is 2.28. The molecule has 21 heavy (non-hydrogen) atoms. The van der Waals surface area contributed by atoms with Crippen LogP contribution in [0.25, 0.3) is 0 Å². The van der Waals surface area contributed by atoms with E-state index in [1.54, 1.807) is 0 Å². The number of benzene rings is 1. The van der Waals surface area contributed by atoms with Crippen molar-refractivity contribution >= 4 is 23.2 Å². The summed E-state index contributed by atoms with van der Waals surface area (Å²) in [5, 5.41) is 10.6. The molecule has 0 radical (unpaired) electrons. The van der Waals surface area contributed by atoms with Crippen LogP contribution < -0.4 is 4.90 Å². The van der Waals surface area contributed by atoms with E-state index in [2.05, 4.69) is 0 Å². The van der Waals surface area contributed by atoms with E-state index in [1.807, 2.05) is 4.90 Å². The molecule has 110 valence electrons. The van der Waals surface area contributed by atoms with Crippen LogP contribution in [0.2, 0.25) is 0 Å². The van der Waals surface area contributed by atoms with Gasteiger partial charge in [0.15, 0.2) is 0 Å². The molecule has 2 heterocycles. The Morgan fingerprint density at radius 3 is 2.29 bits per heavy atom. The van der Waals surface area contributed by atoms with Crippen molar-refractivity contribution in [1.82, 2.24) is 4.90 Å². The van der Waals surface area contributed by atoms with Gasteiger partial charge in [0.25, 0.3) is 11.6 Å². The highest BCUT2D eigenvalue weighted by atomic mass is 16.6. The van der Waals surface area contributed by atoms with Crippen LogP contribution in [-0.4, -0.2) is 40.8 Å². The molecule has 0 unspecified atom stereocenters.